The van der Waals surface area contributed by atoms with Gasteiger partial charge in [0.1, 0.15) is 6.61 Å². The molecule has 0 bridgehead atoms. The van der Waals surface area contributed by atoms with Crippen LogP contribution in [0.5, 0.6) is 0 Å². The van der Waals surface area contributed by atoms with Crippen LogP contribution in [0.25, 0.3) is 0 Å². The first-order valence-corrected chi connectivity index (χ1v) is 5.76. The number of carbonyl (C=O) groups is 2. The Morgan fingerprint density at radius 2 is 1.89 bits per heavy atom. The van der Waals surface area contributed by atoms with Crippen LogP contribution in [0.15, 0.2) is 24.3 Å². The number of benzene rings is 1. The van der Waals surface area contributed by atoms with Crippen LogP contribution >= 0.6 is 0 Å². The maximum atomic E-state index is 11.8. The van der Waals surface area contributed by atoms with Crippen LogP contribution in [0, 0.1) is 0 Å². The molecule has 0 heterocycles. The Morgan fingerprint density at radius 3 is 2.42 bits per heavy atom. The molecule has 0 saturated heterocycles. The first kappa shape index (κ1) is 15.2. The Morgan fingerprint density at radius 1 is 1.26 bits per heavy atom. The number of rotatable bonds is 7. The van der Waals surface area contributed by atoms with E-state index >= 15 is 0 Å². The zero-order valence-corrected chi connectivity index (χ0v) is 10.5. The molecule has 104 valence electrons. The minimum atomic E-state index is -2.52. The molecule has 0 unspecified atom stereocenters. The van der Waals surface area contributed by atoms with E-state index in [1.165, 1.54) is 6.92 Å². The van der Waals surface area contributed by atoms with Crippen molar-refractivity contribution in [2.24, 2.45) is 0 Å². The molecule has 6 heteroatoms. The molecule has 0 aromatic heterocycles. The molecule has 1 aromatic rings. The average Bonchev–Trinajstić information content (AvgIpc) is 2.34. The summed E-state index contributed by atoms with van der Waals surface area (Å²) in [6.07, 6.45) is -2.47. The molecular weight excluding hydrogens is 256 g/mol. The number of alkyl halides is 2. The van der Waals surface area contributed by atoms with Gasteiger partial charge >= 0.3 is 0 Å². The highest BCUT2D eigenvalue weighted by Crippen LogP contribution is 2.11. The fourth-order valence-electron chi connectivity index (χ4n) is 1.42. The lowest BCUT2D eigenvalue weighted by Gasteiger charge is -2.05. The van der Waals surface area contributed by atoms with E-state index in [1.54, 1.807) is 24.3 Å². The lowest BCUT2D eigenvalue weighted by Crippen LogP contribution is -2.10. The van der Waals surface area contributed by atoms with Crippen LogP contribution in [-0.4, -0.2) is 31.3 Å². The number of nitrogens with one attached hydrogen (secondary N) is 1. The molecule has 0 spiro atoms. The summed E-state index contributed by atoms with van der Waals surface area (Å²) in [6, 6.07) is 6.35. The fraction of sp³-hybridized carbons (Fsp3) is 0.385. The second-order valence-corrected chi connectivity index (χ2v) is 3.90. The highest BCUT2D eigenvalue weighted by molar-refractivity contribution is 5.97. The lowest BCUT2D eigenvalue weighted by molar-refractivity contribution is -0.114. The Balaban J connectivity index is 2.42. The van der Waals surface area contributed by atoms with E-state index in [0.29, 0.717) is 11.3 Å². The van der Waals surface area contributed by atoms with Crippen molar-refractivity contribution in [1.29, 1.82) is 0 Å². The van der Waals surface area contributed by atoms with Gasteiger partial charge in [0.05, 0.1) is 6.61 Å². The number of anilines is 1. The molecule has 1 aromatic carbocycles. The van der Waals surface area contributed by atoms with Crippen molar-refractivity contribution in [3.63, 3.8) is 0 Å². The molecule has 1 amide bonds. The highest BCUT2D eigenvalue weighted by Gasteiger charge is 2.07. The Bertz CT molecular complexity index is 432. The van der Waals surface area contributed by atoms with Gasteiger partial charge in [-0.05, 0) is 24.3 Å². The van der Waals surface area contributed by atoms with Crippen LogP contribution in [-0.2, 0) is 9.53 Å². The van der Waals surface area contributed by atoms with Gasteiger partial charge in [-0.15, -0.1) is 0 Å². The van der Waals surface area contributed by atoms with E-state index in [9.17, 15) is 18.4 Å². The topological polar surface area (TPSA) is 55.4 Å². The fourth-order valence-corrected chi connectivity index (χ4v) is 1.42. The van der Waals surface area contributed by atoms with Crippen molar-refractivity contribution in [3.05, 3.63) is 29.8 Å². The molecule has 0 aliphatic heterocycles. The third-order valence-corrected chi connectivity index (χ3v) is 2.24. The highest BCUT2D eigenvalue weighted by atomic mass is 19.3. The molecule has 4 nitrogen and oxygen atoms in total. The Kier molecular flexibility index (Phi) is 6.08. The van der Waals surface area contributed by atoms with Crippen molar-refractivity contribution in [1.82, 2.24) is 0 Å². The molecule has 0 aliphatic carbocycles. The number of hydrogen-bond donors (Lipinski definition) is 1. The van der Waals surface area contributed by atoms with Crippen LogP contribution in [0.1, 0.15) is 23.7 Å². The van der Waals surface area contributed by atoms with Gasteiger partial charge in [-0.2, -0.15) is 0 Å². The Labute approximate surface area is 109 Å². The molecule has 0 fully saturated rings. The van der Waals surface area contributed by atoms with E-state index < -0.39 is 13.0 Å². The quantitative estimate of drug-likeness (QED) is 0.612. The molecule has 0 aliphatic rings. The maximum Gasteiger partial charge on any atom is 0.261 e. The third kappa shape index (κ3) is 6.05. The number of ether oxygens (including phenoxy) is 1. The van der Waals surface area contributed by atoms with Crippen LogP contribution < -0.4 is 5.32 Å². The average molecular weight is 271 g/mol. The summed E-state index contributed by atoms with van der Waals surface area (Å²) >= 11 is 0. The summed E-state index contributed by atoms with van der Waals surface area (Å²) in [5.74, 6) is -0.386. The van der Waals surface area contributed by atoms with Crippen molar-refractivity contribution in [3.8, 4) is 0 Å². The predicted molar refractivity (Wildman–Crippen MR) is 66.5 cm³/mol. The van der Waals surface area contributed by atoms with Gasteiger partial charge in [0, 0.05) is 24.6 Å². The van der Waals surface area contributed by atoms with Crippen molar-refractivity contribution < 1.29 is 23.1 Å². The zero-order valence-electron chi connectivity index (χ0n) is 10.5. The van der Waals surface area contributed by atoms with Gasteiger partial charge in [0.15, 0.2) is 5.78 Å². The van der Waals surface area contributed by atoms with E-state index in [1.807, 2.05) is 0 Å². The summed E-state index contributed by atoms with van der Waals surface area (Å²) in [6.45, 7) is 0.699. The van der Waals surface area contributed by atoms with Crippen molar-refractivity contribution in [2.75, 3.05) is 18.5 Å². The SMILES string of the molecule is CC(=O)Nc1ccc(C(=O)CCOCC(F)F)cc1. The molecule has 0 radical (unpaired) electrons. The first-order valence-electron chi connectivity index (χ1n) is 5.76. The second-order valence-electron chi connectivity index (χ2n) is 3.90. The summed E-state index contributed by atoms with van der Waals surface area (Å²) in [7, 11) is 0. The number of Topliss-reactive ketones (excluding diaryl/α,β-unsaturated/α-hetero) is 1. The van der Waals surface area contributed by atoms with Crippen LogP contribution in [0.3, 0.4) is 0 Å². The standard InChI is InChI=1S/C13H15F2NO3/c1-9(17)16-11-4-2-10(3-5-11)12(18)6-7-19-8-13(14)15/h2-5,13H,6-8H2,1H3,(H,16,17). The van der Waals surface area contributed by atoms with Gasteiger partial charge in [-0.25, -0.2) is 8.78 Å². The van der Waals surface area contributed by atoms with Crippen molar-refractivity contribution >= 4 is 17.4 Å². The van der Waals surface area contributed by atoms with E-state index in [4.69, 9.17) is 0 Å². The van der Waals surface area contributed by atoms with Crippen LogP contribution in [0.2, 0.25) is 0 Å². The summed E-state index contributed by atoms with van der Waals surface area (Å²) in [5, 5.41) is 2.58. The molecular formula is C13H15F2NO3. The summed E-state index contributed by atoms with van der Waals surface area (Å²) in [5.41, 5.74) is 1.05. The first-order chi connectivity index (χ1) is 8.99. The lowest BCUT2D eigenvalue weighted by atomic mass is 10.1. The molecule has 1 N–H and O–H groups in total. The molecule has 0 atom stereocenters. The van der Waals surface area contributed by atoms with Gasteiger partial charge in [-0.1, -0.05) is 0 Å². The van der Waals surface area contributed by atoms with Crippen LogP contribution in [0.4, 0.5) is 14.5 Å². The smallest absolute Gasteiger partial charge is 0.261 e. The van der Waals surface area contributed by atoms with E-state index in [-0.39, 0.29) is 24.7 Å². The minimum Gasteiger partial charge on any atom is -0.375 e. The number of halogens is 2. The van der Waals surface area contributed by atoms with Crippen molar-refractivity contribution in [2.45, 2.75) is 19.8 Å². The largest absolute Gasteiger partial charge is 0.375 e. The normalized spacial score (nSPS) is 10.5. The Hall–Kier alpha value is -1.82. The summed E-state index contributed by atoms with van der Waals surface area (Å²) in [4.78, 5) is 22.5. The monoisotopic (exact) mass is 271 g/mol. The zero-order chi connectivity index (χ0) is 14.3. The van der Waals surface area contributed by atoms with E-state index in [2.05, 4.69) is 10.1 Å². The second kappa shape index (κ2) is 7.58. The number of ketones is 1. The van der Waals surface area contributed by atoms with E-state index in [0.717, 1.165) is 0 Å². The van der Waals surface area contributed by atoms with Gasteiger partial charge in [0.25, 0.3) is 6.43 Å². The molecule has 19 heavy (non-hydrogen) atoms. The molecule has 0 saturated carbocycles. The number of carbonyl (C=O) groups excluding carboxylic acids is 2. The van der Waals surface area contributed by atoms with Gasteiger partial charge in [0.2, 0.25) is 5.91 Å². The predicted octanol–water partition coefficient (Wildman–Crippen LogP) is 2.50. The number of hydrogen-bond acceptors (Lipinski definition) is 3. The minimum absolute atomic E-state index is 0.0311. The maximum absolute atomic E-state index is 11.8. The molecule has 1 rings (SSSR count). The third-order valence-electron chi connectivity index (χ3n) is 2.24. The number of amides is 1. The van der Waals surface area contributed by atoms with Gasteiger partial charge in [-0.3, -0.25) is 9.59 Å². The van der Waals surface area contributed by atoms with Gasteiger partial charge < -0.3 is 10.1 Å². The summed E-state index contributed by atoms with van der Waals surface area (Å²) < 4.78 is 28.2.